The summed E-state index contributed by atoms with van der Waals surface area (Å²) in [5.41, 5.74) is 1.20. The molecule has 0 spiro atoms. The molecule has 0 saturated carbocycles. The summed E-state index contributed by atoms with van der Waals surface area (Å²) in [7, 11) is 0. The molecule has 0 aromatic heterocycles. The minimum Gasteiger partial charge on any atom is -0.402 e. The number of benzene rings is 2. The number of carbonyl (C=O) groups excluding carboxylic acids is 1. The topological polar surface area (TPSA) is 81.8 Å². The van der Waals surface area contributed by atoms with Crippen molar-refractivity contribution in [3.63, 3.8) is 0 Å². The average molecular weight is 373 g/mol. The fraction of sp³-hybridized carbons (Fsp3) is 0. The monoisotopic (exact) mass is 372 g/mol. The van der Waals surface area contributed by atoms with Crippen molar-refractivity contribution in [2.24, 2.45) is 4.99 Å². The fourth-order valence-corrected chi connectivity index (χ4v) is 2.50. The van der Waals surface area contributed by atoms with E-state index >= 15 is 0 Å². The number of aliphatic imine (C=N–C) groups is 1. The zero-order valence-corrected chi connectivity index (χ0v) is 13.2. The van der Waals surface area contributed by atoms with Gasteiger partial charge in [-0.1, -0.05) is 24.3 Å². The molecule has 1 aliphatic rings. The molecule has 2 aromatic rings. The third-order valence-electron chi connectivity index (χ3n) is 3.11. The minimum atomic E-state index is -0.595. The van der Waals surface area contributed by atoms with Crippen LogP contribution in [0.5, 0.6) is 0 Å². The Balaban J connectivity index is 1.97. The molecule has 0 N–H and O–H groups in total. The van der Waals surface area contributed by atoms with E-state index in [4.69, 9.17) is 4.74 Å². The van der Waals surface area contributed by atoms with E-state index in [0.29, 0.717) is 11.1 Å². The lowest BCUT2D eigenvalue weighted by molar-refractivity contribution is -0.384. The Kier molecular flexibility index (Phi) is 4.03. The average Bonchev–Trinajstić information content (AvgIpc) is 2.89. The van der Waals surface area contributed by atoms with Crippen LogP contribution in [0.15, 0.2) is 63.7 Å². The summed E-state index contributed by atoms with van der Waals surface area (Å²) in [6.07, 6.45) is 1.46. The van der Waals surface area contributed by atoms with E-state index in [1.807, 2.05) is 12.1 Å². The highest BCUT2D eigenvalue weighted by molar-refractivity contribution is 9.10. The van der Waals surface area contributed by atoms with Gasteiger partial charge < -0.3 is 4.74 Å². The molecule has 7 heteroatoms. The van der Waals surface area contributed by atoms with Crippen molar-refractivity contribution in [3.05, 3.63) is 79.9 Å². The molecule has 0 aliphatic carbocycles. The summed E-state index contributed by atoms with van der Waals surface area (Å²) < 4.78 is 5.92. The van der Waals surface area contributed by atoms with E-state index < -0.39 is 10.9 Å². The number of nitro groups is 1. The van der Waals surface area contributed by atoms with Crippen LogP contribution in [0.25, 0.3) is 6.08 Å². The number of ether oxygens (including phenoxy) is 1. The van der Waals surface area contributed by atoms with Gasteiger partial charge in [-0.15, -0.1) is 0 Å². The van der Waals surface area contributed by atoms with E-state index in [0.717, 1.165) is 4.47 Å². The van der Waals surface area contributed by atoms with Crippen LogP contribution in [0.4, 0.5) is 5.69 Å². The lowest BCUT2D eigenvalue weighted by Crippen LogP contribution is -2.05. The number of hydrogen-bond donors (Lipinski definition) is 0. The summed E-state index contributed by atoms with van der Waals surface area (Å²) in [6, 6.07) is 13.2. The molecule has 0 amide bonds. The van der Waals surface area contributed by atoms with Gasteiger partial charge in [0.15, 0.2) is 5.70 Å². The Morgan fingerprint density at radius 2 is 1.96 bits per heavy atom. The van der Waals surface area contributed by atoms with Gasteiger partial charge in [0.1, 0.15) is 0 Å². The lowest BCUT2D eigenvalue weighted by Gasteiger charge is -2.01. The van der Waals surface area contributed by atoms with Gasteiger partial charge in [0, 0.05) is 16.6 Å². The van der Waals surface area contributed by atoms with Crippen molar-refractivity contribution < 1.29 is 14.5 Å². The largest absolute Gasteiger partial charge is 0.402 e. The summed E-state index contributed by atoms with van der Waals surface area (Å²) in [5.74, 6) is -0.401. The number of esters is 1. The fourth-order valence-electron chi connectivity index (χ4n) is 2.05. The van der Waals surface area contributed by atoms with Crippen molar-refractivity contribution in [2.45, 2.75) is 0 Å². The second-order valence-electron chi connectivity index (χ2n) is 4.67. The van der Waals surface area contributed by atoms with Crippen LogP contribution < -0.4 is 0 Å². The number of halogens is 1. The van der Waals surface area contributed by atoms with E-state index in [-0.39, 0.29) is 17.3 Å². The first-order chi connectivity index (χ1) is 11.0. The number of hydrogen-bond acceptors (Lipinski definition) is 5. The Labute approximate surface area is 139 Å². The van der Waals surface area contributed by atoms with Gasteiger partial charge in [-0.05, 0) is 39.7 Å². The normalized spacial score (nSPS) is 15.4. The van der Waals surface area contributed by atoms with Crippen LogP contribution in [0.2, 0.25) is 0 Å². The van der Waals surface area contributed by atoms with Crippen LogP contribution in [-0.2, 0) is 9.53 Å². The SMILES string of the molecule is O=C1OC(c2ccccc2Br)=NC1=Cc1cccc([N+](=O)[O-])c1. The molecular formula is C16H9BrN2O4. The molecule has 0 saturated heterocycles. The predicted octanol–water partition coefficient (Wildman–Crippen LogP) is 3.70. The number of carbonyl (C=O) groups is 1. The summed E-state index contributed by atoms with van der Waals surface area (Å²) in [5, 5.41) is 10.8. The van der Waals surface area contributed by atoms with Crippen molar-refractivity contribution in [1.82, 2.24) is 0 Å². The maximum absolute atomic E-state index is 11.9. The van der Waals surface area contributed by atoms with Gasteiger partial charge in [0.2, 0.25) is 5.90 Å². The van der Waals surface area contributed by atoms with Crippen LogP contribution in [0, 0.1) is 10.1 Å². The Morgan fingerprint density at radius 3 is 2.70 bits per heavy atom. The molecule has 1 aliphatic heterocycles. The number of non-ortho nitro benzene ring substituents is 1. The van der Waals surface area contributed by atoms with Gasteiger partial charge in [0.05, 0.1) is 10.5 Å². The smallest absolute Gasteiger partial charge is 0.363 e. The van der Waals surface area contributed by atoms with Crippen molar-refractivity contribution in [2.75, 3.05) is 0 Å². The molecular weight excluding hydrogens is 364 g/mol. The zero-order chi connectivity index (χ0) is 16.4. The van der Waals surface area contributed by atoms with Crippen LogP contribution in [0.3, 0.4) is 0 Å². The van der Waals surface area contributed by atoms with E-state index in [9.17, 15) is 14.9 Å². The standard InChI is InChI=1S/C16H9BrN2O4/c17-13-7-2-1-6-12(13)15-18-14(16(20)23-15)9-10-4-3-5-11(8-10)19(21)22/h1-9H. The quantitative estimate of drug-likeness (QED) is 0.356. The lowest BCUT2D eigenvalue weighted by atomic mass is 10.1. The van der Waals surface area contributed by atoms with Gasteiger partial charge >= 0.3 is 5.97 Å². The van der Waals surface area contributed by atoms with Crippen LogP contribution in [0.1, 0.15) is 11.1 Å². The molecule has 114 valence electrons. The highest BCUT2D eigenvalue weighted by Crippen LogP contribution is 2.24. The molecule has 23 heavy (non-hydrogen) atoms. The van der Waals surface area contributed by atoms with Gasteiger partial charge in [-0.2, -0.15) is 0 Å². The second kappa shape index (κ2) is 6.13. The molecule has 0 atom stereocenters. The second-order valence-corrected chi connectivity index (χ2v) is 5.52. The maximum atomic E-state index is 11.9. The third kappa shape index (κ3) is 3.19. The molecule has 0 bridgehead atoms. The number of rotatable bonds is 3. The molecule has 0 unspecified atom stereocenters. The Hall–Kier alpha value is -2.80. The van der Waals surface area contributed by atoms with Gasteiger partial charge in [-0.3, -0.25) is 10.1 Å². The van der Waals surface area contributed by atoms with E-state index in [1.165, 1.54) is 18.2 Å². The van der Waals surface area contributed by atoms with E-state index in [1.54, 1.807) is 24.3 Å². The zero-order valence-electron chi connectivity index (χ0n) is 11.6. The van der Waals surface area contributed by atoms with Gasteiger partial charge in [-0.25, -0.2) is 9.79 Å². The summed E-state index contributed by atoms with van der Waals surface area (Å²) in [4.78, 5) is 26.4. The first-order valence-corrected chi connectivity index (χ1v) is 7.36. The van der Waals surface area contributed by atoms with Crippen molar-refractivity contribution in [3.8, 4) is 0 Å². The maximum Gasteiger partial charge on any atom is 0.363 e. The Bertz CT molecular complexity index is 874. The Morgan fingerprint density at radius 1 is 1.17 bits per heavy atom. The predicted molar refractivity (Wildman–Crippen MR) is 87.8 cm³/mol. The molecule has 0 radical (unpaired) electrons. The molecule has 2 aromatic carbocycles. The molecule has 3 rings (SSSR count). The van der Waals surface area contributed by atoms with Crippen molar-refractivity contribution in [1.29, 1.82) is 0 Å². The third-order valence-corrected chi connectivity index (χ3v) is 3.80. The van der Waals surface area contributed by atoms with Gasteiger partial charge in [0.25, 0.3) is 5.69 Å². The van der Waals surface area contributed by atoms with Crippen molar-refractivity contribution >= 4 is 39.6 Å². The number of nitro benzene ring substituents is 1. The summed E-state index contributed by atoms with van der Waals surface area (Å²) in [6.45, 7) is 0. The van der Waals surface area contributed by atoms with Crippen LogP contribution in [-0.4, -0.2) is 16.8 Å². The number of cyclic esters (lactones) is 1. The minimum absolute atomic E-state index is 0.0549. The summed E-state index contributed by atoms with van der Waals surface area (Å²) >= 11 is 3.37. The molecule has 0 fully saturated rings. The molecule has 6 nitrogen and oxygen atoms in total. The van der Waals surface area contributed by atoms with E-state index in [2.05, 4.69) is 20.9 Å². The first kappa shape index (κ1) is 15.1. The first-order valence-electron chi connectivity index (χ1n) is 6.56. The highest BCUT2D eigenvalue weighted by atomic mass is 79.9. The van der Waals surface area contributed by atoms with Crippen LogP contribution >= 0.6 is 15.9 Å². The highest BCUT2D eigenvalue weighted by Gasteiger charge is 2.25. The number of nitrogens with zero attached hydrogens (tertiary/aromatic N) is 2. The molecule has 1 heterocycles.